The van der Waals surface area contributed by atoms with E-state index in [2.05, 4.69) is 6.58 Å². The fourth-order valence-corrected chi connectivity index (χ4v) is 0.258. The number of carboxylic acid groups (broad SMARTS) is 2. The maximum absolute atomic E-state index is 9.87. The molecule has 4 N–H and O–H groups in total. The summed E-state index contributed by atoms with van der Waals surface area (Å²) in [4.78, 5) is 19.7. The molecule has 0 saturated carbocycles. The molecule has 0 rings (SSSR count). The molecule has 14 heavy (non-hydrogen) atoms. The van der Waals surface area contributed by atoms with E-state index < -0.39 is 24.6 Å². The zero-order chi connectivity index (χ0) is 11.7. The number of carbonyl (C=O) groups is 2. The van der Waals surface area contributed by atoms with Gasteiger partial charge < -0.3 is 20.4 Å². The Labute approximate surface area is 81.1 Å². The van der Waals surface area contributed by atoms with E-state index in [9.17, 15) is 9.59 Å². The number of aliphatic carboxylic acids is 2. The van der Waals surface area contributed by atoms with Crippen LogP contribution < -0.4 is 0 Å². The van der Waals surface area contributed by atoms with E-state index in [0.29, 0.717) is 6.42 Å². The number of aliphatic hydroxyl groups is 2. The van der Waals surface area contributed by atoms with Crippen molar-refractivity contribution in [1.29, 1.82) is 0 Å². The lowest BCUT2D eigenvalue weighted by Crippen LogP contribution is -2.04. The Balaban J connectivity index is 0. The first-order chi connectivity index (χ1) is 6.31. The third-order valence-electron chi connectivity index (χ3n) is 1.03. The van der Waals surface area contributed by atoms with Crippen molar-refractivity contribution < 1.29 is 30.0 Å². The molecule has 82 valence electrons. The van der Waals surface area contributed by atoms with Crippen LogP contribution in [-0.2, 0) is 9.59 Å². The smallest absolute Gasteiger partial charge is 0.331 e. The van der Waals surface area contributed by atoms with Crippen LogP contribution in [0, 0.1) is 0 Å². The largest absolute Gasteiger partial charge is 0.481 e. The Morgan fingerprint density at radius 1 is 1.29 bits per heavy atom. The molecule has 0 aliphatic rings. The summed E-state index contributed by atoms with van der Waals surface area (Å²) in [6.45, 7) is 4.71. The van der Waals surface area contributed by atoms with Crippen LogP contribution in [0.15, 0.2) is 12.2 Å². The minimum Gasteiger partial charge on any atom is -0.481 e. The molecule has 0 aromatic rings. The number of hydrogen-bond donors (Lipinski definition) is 4. The van der Waals surface area contributed by atoms with Gasteiger partial charge in [0.05, 0.1) is 6.42 Å². The maximum atomic E-state index is 9.87. The van der Waals surface area contributed by atoms with E-state index in [1.807, 2.05) is 0 Å². The second kappa shape index (κ2) is 8.21. The highest BCUT2D eigenvalue weighted by Gasteiger charge is 2.07. The Hall–Kier alpha value is -1.40. The predicted molar refractivity (Wildman–Crippen MR) is 47.5 cm³/mol. The fraction of sp³-hybridized carbons (Fsp3) is 0.500. The van der Waals surface area contributed by atoms with Gasteiger partial charge in [0, 0.05) is 5.57 Å². The second-order valence-electron chi connectivity index (χ2n) is 2.37. The summed E-state index contributed by atoms with van der Waals surface area (Å²) in [5.74, 6) is -2.44. The first-order valence-corrected chi connectivity index (χ1v) is 3.80. The molecule has 0 radical (unpaired) electrons. The summed E-state index contributed by atoms with van der Waals surface area (Å²) in [5.41, 5.74) is -0.303. The first-order valence-electron chi connectivity index (χ1n) is 3.80. The van der Waals surface area contributed by atoms with Crippen LogP contribution in [0.2, 0.25) is 0 Å². The van der Waals surface area contributed by atoms with Crippen LogP contribution in [0.25, 0.3) is 0 Å². The number of carboxylic acids is 2. The lowest BCUT2D eigenvalue weighted by Gasteiger charge is -1.91. The topological polar surface area (TPSA) is 115 Å². The zero-order valence-corrected chi connectivity index (χ0v) is 7.80. The Morgan fingerprint density at radius 2 is 1.64 bits per heavy atom. The van der Waals surface area contributed by atoms with E-state index in [1.165, 1.54) is 0 Å². The van der Waals surface area contributed by atoms with Crippen LogP contribution in [0.4, 0.5) is 0 Å². The van der Waals surface area contributed by atoms with Gasteiger partial charge in [-0.1, -0.05) is 13.5 Å². The van der Waals surface area contributed by atoms with E-state index in [1.54, 1.807) is 6.92 Å². The van der Waals surface area contributed by atoms with Crippen molar-refractivity contribution in [2.75, 3.05) is 0 Å². The SMILES string of the molecule is C=C(CC(=O)O)C(=O)O.CCC(O)O. The van der Waals surface area contributed by atoms with Gasteiger partial charge in [-0.05, 0) is 6.42 Å². The highest BCUT2D eigenvalue weighted by Crippen LogP contribution is 1.95. The van der Waals surface area contributed by atoms with Gasteiger partial charge in [0.2, 0.25) is 0 Å². The van der Waals surface area contributed by atoms with E-state index in [4.69, 9.17) is 20.4 Å². The van der Waals surface area contributed by atoms with Crippen LogP contribution in [0.3, 0.4) is 0 Å². The van der Waals surface area contributed by atoms with E-state index in [0.717, 1.165) is 0 Å². The molecule has 0 atom stereocenters. The van der Waals surface area contributed by atoms with Gasteiger partial charge in [0.15, 0.2) is 6.29 Å². The summed E-state index contributed by atoms with van der Waals surface area (Å²) < 4.78 is 0. The number of hydrogen-bond acceptors (Lipinski definition) is 4. The molecule has 0 amide bonds. The van der Waals surface area contributed by atoms with Crippen molar-refractivity contribution in [2.45, 2.75) is 26.1 Å². The number of aliphatic hydroxyl groups excluding tert-OH is 1. The monoisotopic (exact) mass is 206 g/mol. The van der Waals surface area contributed by atoms with Crippen LogP contribution in [-0.4, -0.2) is 38.7 Å². The third-order valence-corrected chi connectivity index (χ3v) is 1.03. The molecule has 0 fully saturated rings. The Kier molecular flexibility index (Phi) is 8.85. The minimum atomic E-state index is -1.27. The standard InChI is InChI=1S/C5H6O4.C3H8O2/c1-3(5(8)9)2-4(6)7;1-2-3(4)5/h1-2H2,(H,6,7)(H,8,9);3-5H,2H2,1H3. The van der Waals surface area contributed by atoms with Gasteiger partial charge in [-0.2, -0.15) is 0 Å². The average molecular weight is 206 g/mol. The van der Waals surface area contributed by atoms with E-state index >= 15 is 0 Å². The van der Waals surface area contributed by atoms with Crippen LogP contribution in [0.5, 0.6) is 0 Å². The minimum absolute atomic E-state index is 0.303. The Bertz CT molecular complexity index is 208. The molecule has 6 nitrogen and oxygen atoms in total. The molecule has 0 unspecified atom stereocenters. The van der Waals surface area contributed by atoms with Gasteiger partial charge in [-0.3, -0.25) is 4.79 Å². The molecule has 6 heteroatoms. The summed E-state index contributed by atoms with van der Waals surface area (Å²) >= 11 is 0. The molecule has 0 saturated heterocycles. The van der Waals surface area contributed by atoms with Crippen molar-refractivity contribution >= 4 is 11.9 Å². The number of rotatable bonds is 4. The fourth-order valence-electron chi connectivity index (χ4n) is 0.258. The van der Waals surface area contributed by atoms with Crippen molar-refractivity contribution in [2.24, 2.45) is 0 Å². The maximum Gasteiger partial charge on any atom is 0.331 e. The molecule has 0 heterocycles. The first kappa shape index (κ1) is 15.1. The molecule has 0 spiro atoms. The Morgan fingerprint density at radius 3 is 1.71 bits per heavy atom. The zero-order valence-electron chi connectivity index (χ0n) is 7.80. The second-order valence-corrected chi connectivity index (χ2v) is 2.37. The summed E-state index contributed by atoms with van der Waals surface area (Å²) in [7, 11) is 0. The van der Waals surface area contributed by atoms with Gasteiger partial charge in [-0.25, -0.2) is 4.79 Å². The van der Waals surface area contributed by atoms with Crippen molar-refractivity contribution in [3.8, 4) is 0 Å². The van der Waals surface area contributed by atoms with E-state index in [-0.39, 0.29) is 5.57 Å². The molecule has 0 bridgehead atoms. The molecule has 0 aliphatic carbocycles. The van der Waals surface area contributed by atoms with Crippen LogP contribution in [0.1, 0.15) is 19.8 Å². The molecule has 0 aliphatic heterocycles. The predicted octanol–water partition coefficient (Wildman–Crippen LogP) is -0.191. The lowest BCUT2D eigenvalue weighted by atomic mass is 10.2. The van der Waals surface area contributed by atoms with Gasteiger partial charge in [0.25, 0.3) is 0 Å². The van der Waals surface area contributed by atoms with Crippen molar-refractivity contribution in [3.63, 3.8) is 0 Å². The van der Waals surface area contributed by atoms with Crippen molar-refractivity contribution in [1.82, 2.24) is 0 Å². The van der Waals surface area contributed by atoms with Crippen molar-refractivity contribution in [3.05, 3.63) is 12.2 Å². The molecule has 0 aromatic carbocycles. The molecular weight excluding hydrogens is 192 g/mol. The quantitative estimate of drug-likeness (QED) is 0.374. The van der Waals surface area contributed by atoms with Gasteiger partial charge in [0.1, 0.15) is 0 Å². The van der Waals surface area contributed by atoms with Gasteiger partial charge in [-0.15, -0.1) is 0 Å². The highest BCUT2D eigenvalue weighted by atomic mass is 16.5. The summed E-state index contributed by atoms with van der Waals surface area (Å²) in [6.07, 6.45) is -1.20. The highest BCUT2D eigenvalue weighted by molar-refractivity contribution is 5.91. The lowest BCUT2D eigenvalue weighted by molar-refractivity contribution is -0.139. The molecule has 0 aromatic heterocycles. The normalized spacial score (nSPS) is 8.86. The van der Waals surface area contributed by atoms with Gasteiger partial charge >= 0.3 is 11.9 Å². The summed E-state index contributed by atoms with van der Waals surface area (Å²) in [6, 6.07) is 0. The third kappa shape index (κ3) is 13.2. The average Bonchev–Trinajstić information content (AvgIpc) is 2.04. The molecular formula is C8H14O6. The van der Waals surface area contributed by atoms with Crippen LogP contribution >= 0.6 is 0 Å². The summed E-state index contributed by atoms with van der Waals surface area (Å²) in [5, 5.41) is 31.9.